The van der Waals surface area contributed by atoms with E-state index in [0.717, 1.165) is 36.8 Å². The van der Waals surface area contributed by atoms with E-state index in [4.69, 9.17) is 0 Å². The molecule has 0 radical (unpaired) electrons. The monoisotopic (exact) mass is 276 g/mol. The maximum Gasteiger partial charge on any atom is 0.226 e. The predicted molar refractivity (Wildman–Crippen MR) is 79.2 cm³/mol. The number of carbonyl (C=O) groups is 1. The molecular formula is C17H28N2O. The molecular weight excluding hydrogens is 248 g/mol. The highest BCUT2D eigenvalue weighted by Gasteiger charge is 2.52. The summed E-state index contributed by atoms with van der Waals surface area (Å²) in [6, 6.07) is 0.463. The van der Waals surface area contributed by atoms with Gasteiger partial charge in [-0.2, -0.15) is 0 Å². The van der Waals surface area contributed by atoms with Gasteiger partial charge >= 0.3 is 0 Å². The molecule has 1 unspecified atom stereocenters. The van der Waals surface area contributed by atoms with Crippen LogP contribution in [-0.2, 0) is 4.79 Å². The van der Waals surface area contributed by atoms with Gasteiger partial charge in [0.1, 0.15) is 0 Å². The molecule has 0 aromatic heterocycles. The van der Waals surface area contributed by atoms with Gasteiger partial charge in [0, 0.05) is 25.0 Å². The van der Waals surface area contributed by atoms with Crippen molar-refractivity contribution in [2.75, 3.05) is 20.1 Å². The van der Waals surface area contributed by atoms with Crippen molar-refractivity contribution in [1.29, 1.82) is 0 Å². The van der Waals surface area contributed by atoms with Gasteiger partial charge in [-0.1, -0.05) is 0 Å². The number of hydrogen-bond donors (Lipinski definition) is 1. The maximum absolute atomic E-state index is 13.1. The topological polar surface area (TPSA) is 32.3 Å². The summed E-state index contributed by atoms with van der Waals surface area (Å²) in [6.07, 6.45) is 9.29. The fourth-order valence-electron chi connectivity index (χ4n) is 6.09. The van der Waals surface area contributed by atoms with Crippen LogP contribution in [-0.4, -0.2) is 37.0 Å². The lowest BCUT2D eigenvalue weighted by Gasteiger charge is -2.54. The quantitative estimate of drug-likeness (QED) is 0.857. The summed E-state index contributed by atoms with van der Waals surface area (Å²) in [5, 5.41) is 3.27. The maximum atomic E-state index is 13.1. The lowest BCUT2D eigenvalue weighted by Crippen LogP contribution is -2.53. The van der Waals surface area contributed by atoms with Crippen LogP contribution in [0.1, 0.15) is 44.9 Å². The summed E-state index contributed by atoms with van der Waals surface area (Å²) >= 11 is 0. The van der Waals surface area contributed by atoms with Crippen LogP contribution >= 0.6 is 0 Å². The van der Waals surface area contributed by atoms with Crippen LogP contribution in [0.15, 0.2) is 0 Å². The van der Waals surface area contributed by atoms with Gasteiger partial charge < -0.3 is 10.2 Å². The minimum absolute atomic E-state index is 0.389. The number of amides is 1. The highest BCUT2D eigenvalue weighted by Crippen LogP contribution is 2.57. The Hall–Kier alpha value is -0.570. The molecule has 5 rings (SSSR count). The lowest BCUT2D eigenvalue weighted by atomic mass is 9.51. The highest BCUT2D eigenvalue weighted by molar-refractivity contribution is 5.80. The smallest absolute Gasteiger partial charge is 0.226 e. The van der Waals surface area contributed by atoms with E-state index in [9.17, 15) is 4.79 Å². The number of carbonyl (C=O) groups excluding carboxylic acids is 1. The molecule has 4 saturated carbocycles. The van der Waals surface area contributed by atoms with Gasteiger partial charge in [0.25, 0.3) is 0 Å². The van der Waals surface area contributed by atoms with E-state index < -0.39 is 0 Å². The standard InChI is InChI=1S/C17H28N2O/c1-18-10-15-3-2-4-19(15)17(20)16-13-6-11-5-12(8-13)9-14(16)7-11/h11-16,18H,2-10H2,1H3. The van der Waals surface area contributed by atoms with Crippen molar-refractivity contribution in [3.8, 4) is 0 Å². The summed E-state index contributed by atoms with van der Waals surface area (Å²) in [5.74, 6) is 4.31. The van der Waals surface area contributed by atoms with Gasteiger partial charge in [-0.05, 0) is 75.7 Å². The third-order valence-electron chi connectivity index (χ3n) is 6.61. The number of likely N-dealkylation sites (tertiary alicyclic amines) is 1. The predicted octanol–water partition coefficient (Wildman–Crippen LogP) is 2.27. The minimum atomic E-state index is 0.389. The lowest BCUT2D eigenvalue weighted by molar-refractivity contribution is -0.149. The first-order valence-electron chi connectivity index (χ1n) is 8.71. The van der Waals surface area contributed by atoms with Crippen molar-refractivity contribution >= 4 is 5.91 Å². The van der Waals surface area contributed by atoms with Gasteiger partial charge in [0.2, 0.25) is 5.91 Å². The van der Waals surface area contributed by atoms with E-state index in [2.05, 4.69) is 10.2 Å². The minimum Gasteiger partial charge on any atom is -0.338 e. The van der Waals surface area contributed by atoms with E-state index in [-0.39, 0.29) is 0 Å². The Morgan fingerprint density at radius 3 is 2.35 bits per heavy atom. The summed E-state index contributed by atoms with van der Waals surface area (Å²) in [4.78, 5) is 15.4. The molecule has 0 aromatic carbocycles. The zero-order chi connectivity index (χ0) is 13.7. The Labute approximate surface area is 122 Å². The first kappa shape index (κ1) is 13.1. The molecule has 4 aliphatic carbocycles. The van der Waals surface area contributed by atoms with Gasteiger partial charge in [-0.25, -0.2) is 0 Å². The van der Waals surface area contributed by atoms with Crippen molar-refractivity contribution in [3.05, 3.63) is 0 Å². The Kier molecular flexibility index (Phi) is 3.29. The Morgan fingerprint density at radius 1 is 1.10 bits per heavy atom. The first-order valence-corrected chi connectivity index (χ1v) is 8.71. The molecule has 3 heteroatoms. The second kappa shape index (κ2) is 5.01. The van der Waals surface area contributed by atoms with E-state index in [0.29, 0.717) is 17.9 Å². The zero-order valence-corrected chi connectivity index (χ0v) is 12.7. The van der Waals surface area contributed by atoms with Gasteiger partial charge in [-0.15, -0.1) is 0 Å². The number of hydrogen-bond acceptors (Lipinski definition) is 2. The van der Waals surface area contributed by atoms with Crippen LogP contribution in [0.2, 0.25) is 0 Å². The molecule has 4 bridgehead atoms. The Morgan fingerprint density at radius 2 is 1.75 bits per heavy atom. The third-order valence-corrected chi connectivity index (χ3v) is 6.61. The van der Waals surface area contributed by atoms with Gasteiger partial charge in [-0.3, -0.25) is 4.79 Å². The zero-order valence-electron chi connectivity index (χ0n) is 12.7. The largest absolute Gasteiger partial charge is 0.338 e. The van der Waals surface area contributed by atoms with Gasteiger partial charge in [0.05, 0.1) is 0 Å². The Balaban J connectivity index is 1.51. The second-order valence-corrected chi connectivity index (χ2v) is 7.84. The Bertz CT molecular complexity index is 366. The number of rotatable bonds is 3. The normalized spacial score (nSPS) is 46.1. The molecule has 5 fully saturated rings. The molecule has 1 N–H and O–H groups in total. The third kappa shape index (κ3) is 2.01. The first-order chi connectivity index (χ1) is 9.76. The van der Waals surface area contributed by atoms with Crippen molar-refractivity contribution in [2.24, 2.45) is 29.6 Å². The van der Waals surface area contributed by atoms with Crippen molar-refractivity contribution < 1.29 is 4.79 Å². The molecule has 3 nitrogen and oxygen atoms in total. The second-order valence-electron chi connectivity index (χ2n) is 7.84. The molecule has 1 aliphatic heterocycles. The number of nitrogens with zero attached hydrogens (tertiary/aromatic N) is 1. The van der Waals surface area contributed by atoms with Crippen LogP contribution in [0, 0.1) is 29.6 Å². The van der Waals surface area contributed by atoms with E-state index in [1.54, 1.807) is 0 Å². The van der Waals surface area contributed by atoms with Crippen LogP contribution < -0.4 is 5.32 Å². The summed E-state index contributed by atoms with van der Waals surface area (Å²) < 4.78 is 0. The molecule has 0 aromatic rings. The van der Waals surface area contributed by atoms with E-state index in [1.165, 1.54) is 44.9 Å². The van der Waals surface area contributed by atoms with E-state index in [1.807, 2.05) is 7.05 Å². The average Bonchev–Trinajstić information content (AvgIpc) is 2.86. The molecule has 112 valence electrons. The molecule has 1 saturated heterocycles. The van der Waals surface area contributed by atoms with Crippen molar-refractivity contribution in [2.45, 2.75) is 51.0 Å². The molecule has 20 heavy (non-hydrogen) atoms. The SMILES string of the molecule is CNCC1CCCN1C(=O)C1C2CC3CC(C2)CC1C3. The van der Waals surface area contributed by atoms with Crippen LogP contribution in [0.5, 0.6) is 0 Å². The van der Waals surface area contributed by atoms with Gasteiger partial charge in [0.15, 0.2) is 0 Å². The van der Waals surface area contributed by atoms with Crippen LogP contribution in [0.25, 0.3) is 0 Å². The van der Waals surface area contributed by atoms with Crippen LogP contribution in [0.3, 0.4) is 0 Å². The summed E-state index contributed by atoms with van der Waals surface area (Å²) in [6.45, 7) is 1.98. The molecule has 1 amide bonds. The molecule has 1 atom stereocenters. The molecule has 1 heterocycles. The fourth-order valence-corrected chi connectivity index (χ4v) is 6.09. The van der Waals surface area contributed by atoms with Crippen LogP contribution in [0.4, 0.5) is 0 Å². The highest BCUT2D eigenvalue weighted by atomic mass is 16.2. The summed E-state index contributed by atoms with van der Waals surface area (Å²) in [7, 11) is 2.00. The van der Waals surface area contributed by atoms with Crippen molar-refractivity contribution in [1.82, 2.24) is 10.2 Å². The number of likely N-dealkylation sites (N-methyl/N-ethyl adjacent to an activating group) is 1. The van der Waals surface area contributed by atoms with E-state index >= 15 is 0 Å². The summed E-state index contributed by atoms with van der Waals surface area (Å²) in [5.41, 5.74) is 0. The molecule has 5 aliphatic rings. The number of nitrogens with one attached hydrogen (secondary N) is 1. The average molecular weight is 276 g/mol. The molecule has 0 spiro atoms. The van der Waals surface area contributed by atoms with Crippen molar-refractivity contribution in [3.63, 3.8) is 0 Å². The fraction of sp³-hybridized carbons (Fsp3) is 0.941.